The molecular weight excluding hydrogens is 262 g/mol. The van der Waals surface area contributed by atoms with E-state index >= 15 is 0 Å². The fourth-order valence-corrected chi connectivity index (χ4v) is 3.45. The van der Waals surface area contributed by atoms with Crippen molar-refractivity contribution in [1.82, 2.24) is 5.32 Å². The third-order valence-electron chi connectivity index (χ3n) is 3.70. The minimum Gasteiger partial charge on any atom is -0.477 e. The van der Waals surface area contributed by atoms with Crippen molar-refractivity contribution in [2.45, 2.75) is 39.3 Å². The third kappa shape index (κ3) is 3.55. The molecule has 1 saturated heterocycles. The first kappa shape index (κ1) is 14.5. The largest absolute Gasteiger partial charge is 0.477 e. The molecule has 5 heteroatoms. The molecule has 2 rings (SSSR count). The lowest BCUT2D eigenvalue weighted by atomic mass is 9.99. The minimum atomic E-state index is -0.838. The van der Waals surface area contributed by atoms with Crippen molar-refractivity contribution in [1.29, 1.82) is 0 Å². The molecule has 0 amide bonds. The second-order valence-electron chi connectivity index (χ2n) is 4.99. The number of carboxylic acids is 1. The molecule has 106 valence electrons. The van der Waals surface area contributed by atoms with Crippen LogP contribution in [0.3, 0.4) is 0 Å². The van der Waals surface area contributed by atoms with Gasteiger partial charge in [-0.3, -0.25) is 0 Å². The number of carbonyl (C=O) groups is 1. The van der Waals surface area contributed by atoms with Gasteiger partial charge in [0.15, 0.2) is 0 Å². The monoisotopic (exact) mass is 283 g/mol. The molecule has 0 aliphatic carbocycles. The van der Waals surface area contributed by atoms with Crippen LogP contribution in [0.4, 0.5) is 0 Å². The molecule has 2 heterocycles. The smallest absolute Gasteiger partial charge is 0.345 e. The van der Waals surface area contributed by atoms with Crippen molar-refractivity contribution in [3.05, 3.63) is 21.4 Å². The molecule has 2 N–H and O–H groups in total. The summed E-state index contributed by atoms with van der Waals surface area (Å²) in [5.41, 5.74) is 1.09. The van der Waals surface area contributed by atoms with Crippen molar-refractivity contribution >= 4 is 17.3 Å². The highest BCUT2D eigenvalue weighted by Gasteiger charge is 2.26. The molecule has 4 nitrogen and oxygen atoms in total. The van der Waals surface area contributed by atoms with Crippen molar-refractivity contribution in [3.63, 3.8) is 0 Å². The maximum Gasteiger partial charge on any atom is 0.345 e. The Labute approximate surface area is 117 Å². The highest BCUT2D eigenvalue weighted by molar-refractivity contribution is 7.14. The highest BCUT2D eigenvalue weighted by atomic mass is 32.1. The standard InChI is InChI=1S/C14H21NO3S/c1-3-12-10(4-5-18-12)7-15-8-11-6-13(14(16)17)19-9(11)2/h6,10,12,15H,3-5,7-8H2,1-2H3,(H,16,17). The van der Waals surface area contributed by atoms with E-state index in [2.05, 4.69) is 12.2 Å². The van der Waals surface area contributed by atoms with E-state index in [1.165, 1.54) is 11.3 Å². The van der Waals surface area contributed by atoms with Crippen LogP contribution >= 0.6 is 11.3 Å². The van der Waals surface area contributed by atoms with E-state index in [4.69, 9.17) is 9.84 Å². The molecule has 0 aromatic carbocycles. The van der Waals surface area contributed by atoms with E-state index in [0.29, 0.717) is 16.9 Å². The predicted molar refractivity (Wildman–Crippen MR) is 75.9 cm³/mol. The molecular formula is C14H21NO3S. The first-order chi connectivity index (χ1) is 9.11. The molecule has 1 fully saturated rings. The van der Waals surface area contributed by atoms with Crippen LogP contribution in [0.5, 0.6) is 0 Å². The summed E-state index contributed by atoms with van der Waals surface area (Å²) in [4.78, 5) is 12.4. The Bertz CT molecular complexity index is 444. The van der Waals surface area contributed by atoms with Crippen LogP contribution in [-0.2, 0) is 11.3 Å². The van der Waals surface area contributed by atoms with E-state index in [1.807, 2.05) is 6.92 Å². The molecule has 1 aliphatic rings. The van der Waals surface area contributed by atoms with Crippen LogP contribution in [0.15, 0.2) is 6.07 Å². The topological polar surface area (TPSA) is 58.6 Å². The van der Waals surface area contributed by atoms with Crippen molar-refractivity contribution in [2.75, 3.05) is 13.2 Å². The molecule has 1 aromatic rings. The Kier molecular flexibility index (Phi) is 4.96. The minimum absolute atomic E-state index is 0.380. The van der Waals surface area contributed by atoms with Gasteiger partial charge in [-0.25, -0.2) is 4.79 Å². The zero-order valence-corrected chi connectivity index (χ0v) is 12.3. The predicted octanol–water partition coefficient (Wildman–Crippen LogP) is 2.66. The highest BCUT2D eigenvalue weighted by Crippen LogP contribution is 2.24. The summed E-state index contributed by atoms with van der Waals surface area (Å²) < 4.78 is 5.66. The Balaban J connectivity index is 1.84. The van der Waals surface area contributed by atoms with Gasteiger partial charge in [-0.15, -0.1) is 11.3 Å². The van der Waals surface area contributed by atoms with Crippen LogP contribution in [0.1, 0.15) is 39.9 Å². The fourth-order valence-electron chi connectivity index (χ4n) is 2.57. The molecule has 2 atom stereocenters. The van der Waals surface area contributed by atoms with Gasteiger partial charge in [0.1, 0.15) is 4.88 Å². The van der Waals surface area contributed by atoms with Gasteiger partial charge < -0.3 is 15.2 Å². The summed E-state index contributed by atoms with van der Waals surface area (Å²) in [6, 6.07) is 1.78. The summed E-state index contributed by atoms with van der Waals surface area (Å²) in [6.07, 6.45) is 2.56. The second-order valence-corrected chi connectivity index (χ2v) is 6.25. The molecule has 19 heavy (non-hydrogen) atoms. The molecule has 2 unspecified atom stereocenters. The lowest BCUT2D eigenvalue weighted by molar-refractivity contribution is 0.0702. The average molecular weight is 283 g/mol. The molecule has 0 spiro atoms. The lowest BCUT2D eigenvalue weighted by Crippen LogP contribution is -2.28. The van der Waals surface area contributed by atoms with E-state index < -0.39 is 5.97 Å². The van der Waals surface area contributed by atoms with Gasteiger partial charge >= 0.3 is 5.97 Å². The molecule has 0 bridgehead atoms. The Morgan fingerprint density at radius 2 is 2.42 bits per heavy atom. The number of hydrogen-bond acceptors (Lipinski definition) is 4. The van der Waals surface area contributed by atoms with Crippen molar-refractivity contribution in [2.24, 2.45) is 5.92 Å². The van der Waals surface area contributed by atoms with Crippen LogP contribution in [-0.4, -0.2) is 30.3 Å². The van der Waals surface area contributed by atoms with Crippen LogP contribution < -0.4 is 5.32 Å². The number of nitrogens with one attached hydrogen (secondary N) is 1. The summed E-state index contributed by atoms with van der Waals surface area (Å²) in [5, 5.41) is 12.4. The van der Waals surface area contributed by atoms with Gasteiger partial charge in [0, 0.05) is 24.6 Å². The number of ether oxygens (including phenoxy) is 1. The van der Waals surface area contributed by atoms with Gasteiger partial charge in [-0.05, 0) is 37.3 Å². The van der Waals surface area contributed by atoms with E-state index in [1.54, 1.807) is 6.07 Å². The van der Waals surface area contributed by atoms with Gasteiger partial charge in [0.2, 0.25) is 0 Å². The lowest BCUT2D eigenvalue weighted by Gasteiger charge is -2.17. The summed E-state index contributed by atoms with van der Waals surface area (Å²) in [5.74, 6) is -0.252. The molecule has 0 saturated carbocycles. The van der Waals surface area contributed by atoms with Gasteiger partial charge in [0.25, 0.3) is 0 Å². The Morgan fingerprint density at radius 1 is 1.63 bits per heavy atom. The van der Waals surface area contributed by atoms with Crippen molar-refractivity contribution in [3.8, 4) is 0 Å². The Hall–Kier alpha value is -0.910. The van der Waals surface area contributed by atoms with E-state index in [9.17, 15) is 4.79 Å². The number of hydrogen-bond donors (Lipinski definition) is 2. The van der Waals surface area contributed by atoms with Gasteiger partial charge in [-0.1, -0.05) is 6.92 Å². The van der Waals surface area contributed by atoms with Crippen LogP contribution in [0, 0.1) is 12.8 Å². The first-order valence-corrected chi connectivity index (χ1v) is 7.58. The number of aryl methyl sites for hydroxylation is 1. The SMILES string of the molecule is CCC1OCCC1CNCc1cc(C(=O)O)sc1C. The number of aromatic carboxylic acids is 1. The average Bonchev–Trinajstić information content (AvgIpc) is 2.96. The molecule has 1 aromatic heterocycles. The summed E-state index contributed by atoms with van der Waals surface area (Å²) >= 11 is 1.35. The van der Waals surface area contributed by atoms with E-state index in [-0.39, 0.29) is 0 Å². The number of carboxylic acid groups (broad SMARTS) is 1. The third-order valence-corrected chi connectivity index (χ3v) is 4.78. The quantitative estimate of drug-likeness (QED) is 0.842. The normalized spacial score (nSPS) is 22.8. The summed E-state index contributed by atoms with van der Waals surface area (Å²) in [7, 11) is 0. The zero-order chi connectivity index (χ0) is 13.8. The van der Waals surface area contributed by atoms with Gasteiger partial charge in [-0.2, -0.15) is 0 Å². The van der Waals surface area contributed by atoms with E-state index in [0.717, 1.165) is 43.0 Å². The zero-order valence-electron chi connectivity index (χ0n) is 11.4. The van der Waals surface area contributed by atoms with Gasteiger partial charge in [0.05, 0.1) is 6.10 Å². The number of rotatable bonds is 6. The fraction of sp³-hybridized carbons (Fsp3) is 0.643. The summed E-state index contributed by atoms with van der Waals surface area (Å²) in [6.45, 7) is 6.68. The second kappa shape index (κ2) is 6.50. The maximum absolute atomic E-state index is 10.9. The maximum atomic E-state index is 10.9. The Morgan fingerprint density at radius 3 is 3.05 bits per heavy atom. The van der Waals surface area contributed by atoms with Crippen molar-refractivity contribution < 1.29 is 14.6 Å². The molecule has 1 aliphatic heterocycles. The number of thiophene rings is 1. The van der Waals surface area contributed by atoms with Crippen LogP contribution in [0.25, 0.3) is 0 Å². The molecule has 0 radical (unpaired) electrons. The first-order valence-electron chi connectivity index (χ1n) is 6.76. The van der Waals surface area contributed by atoms with Crippen LogP contribution in [0.2, 0.25) is 0 Å².